The number of fused-ring (bicyclic) bond motifs is 1. The number of methoxy groups -OCH3 is 1. The van der Waals surface area contributed by atoms with Gasteiger partial charge in [0.2, 0.25) is 5.69 Å². The van der Waals surface area contributed by atoms with Gasteiger partial charge in [-0.2, -0.15) is 5.10 Å². The van der Waals surface area contributed by atoms with Crippen molar-refractivity contribution in [3.05, 3.63) is 58.8 Å². The van der Waals surface area contributed by atoms with Crippen molar-refractivity contribution in [3.63, 3.8) is 0 Å². The van der Waals surface area contributed by atoms with Crippen LogP contribution < -0.4 is 4.74 Å². The van der Waals surface area contributed by atoms with Crippen molar-refractivity contribution < 1.29 is 9.84 Å². The molecule has 2 aromatic heterocycles. The molecule has 0 aliphatic carbocycles. The lowest BCUT2D eigenvalue weighted by Gasteiger charge is -2.04. The van der Waals surface area contributed by atoms with Crippen molar-refractivity contribution in [2.24, 2.45) is 0 Å². The second-order valence-electron chi connectivity index (χ2n) is 4.88. The van der Waals surface area contributed by atoms with E-state index < -0.39 is 0 Å². The average Bonchev–Trinajstić information content (AvgIpc) is 3.02. The molecule has 3 aromatic rings. The largest absolute Gasteiger partial charge is 0.507 e. The average molecular weight is 306 g/mol. The minimum absolute atomic E-state index is 0.0534. The van der Waals surface area contributed by atoms with Crippen LogP contribution >= 0.6 is 0 Å². The van der Waals surface area contributed by atoms with Gasteiger partial charge in [-0.25, -0.2) is 4.85 Å². The summed E-state index contributed by atoms with van der Waals surface area (Å²) in [6, 6.07) is 5.36. The van der Waals surface area contributed by atoms with E-state index >= 15 is 0 Å². The maximum atomic E-state index is 9.16. The summed E-state index contributed by atoms with van der Waals surface area (Å²) in [5.41, 5.74) is 3.52. The van der Waals surface area contributed by atoms with Crippen molar-refractivity contribution in [2.75, 3.05) is 7.11 Å². The standard InChI is InChI=1S/C17H14N4O2/c1-18-15-6-5-14-16(17(15)23-2)13(20-21-14)4-3-11-7-12(10-22)9-19-8-11/h3-9,22H,10H2,2H3,(H,20,21)/b4-3+. The Kier molecular flexibility index (Phi) is 4.04. The van der Waals surface area contributed by atoms with Gasteiger partial charge in [0.05, 0.1) is 36.9 Å². The predicted octanol–water partition coefficient (Wildman–Crippen LogP) is 3.18. The first-order valence-electron chi connectivity index (χ1n) is 6.92. The lowest BCUT2D eigenvalue weighted by Crippen LogP contribution is -1.86. The number of aliphatic hydroxyl groups excluding tert-OH is 1. The molecule has 6 nitrogen and oxygen atoms in total. The maximum absolute atomic E-state index is 9.16. The Morgan fingerprint density at radius 2 is 2.22 bits per heavy atom. The molecule has 0 atom stereocenters. The Balaban J connectivity index is 2.06. The van der Waals surface area contributed by atoms with Gasteiger partial charge < -0.3 is 9.84 Å². The molecule has 2 N–H and O–H groups in total. The molecule has 3 rings (SSSR count). The molecule has 0 spiro atoms. The fraction of sp³-hybridized carbons (Fsp3) is 0.118. The molecule has 0 radical (unpaired) electrons. The number of pyridine rings is 1. The molecular formula is C17H14N4O2. The predicted molar refractivity (Wildman–Crippen MR) is 88.0 cm³/mol. The number of nitrogens with one attached hydrogen (secondary N) is 1. The van der Waals surface area contributed by atoms with Gasteiger partial charge in [0.15, 0.2) is 0 Å². The van der Waals surface area contributed by atoms with Crippen molar-refractivity contribution >= 4 is 28.7 Å². The number of H-pyrrole nitrogens is 1. The number of aromatic nitrogens is 3. The zero-order chi connectivity index (χ0) is 16.2. The summed E-state index contributed by atoms with van der Waals surface area (Å²) in [4.78, 5) is 7.55. The van der Waals surface area contributed by atoms with Gasteiger partial charge in [-0.15, -0.1) is 0 Å². The normalized spacial score (nSPS) is 11.0. The van der Waals surface area contributed by atoms with Gasteiger partial charge in [0.1, 0.15) is 5.75 Å². The molecule has 23 heavy (non-hydrogen) atoms. The zero-order valence-corrected chi connectivity index (χ0v) is 12.4. The van der Waals surface area contributed by atoms with Crippen LogP contribution in [0.1, 0.15) is 16.8 Å². The number of nitrogens with zero attached hydrogens (tertiary/aromatic N) is 3. The van der Waals surface area contributed by atoms with E-state index in [-0.39, 0.29) is 6.61 Å². The summed E-state index contributed by atoms with van der Waals surface area (Å²) in [5, 5.41) is 17.1. The zero-order valence-electron chi connectivity index (χ0n) is 12.4. The van der Waals surface area contributed by atoms with Crippen LogP contribution in [0.3, 0.4) is 0 Å². The molecule has 0 aliphatic heterocycles. The number of aliphatic hydroxyl groups is 1. The third kappa shape index (κ3) is 2.78. The van der Waals surface area contributed by atoms with Gasteiger partial charge in [-0.05, 0) is 29.3 Å². The third-order valence-corrected chi connectivity index (χ3v) is 3.45. The molecular weight excluding hydrogens is 292 g/mol. The van der Waals surface area contributed by atoms with Crippen molar-refractivity contribution in [1.29, 1.82) is 0 Å². The lowest BCUT2D eigenvalue weighted by molar-refractivity contribution is 0.281. The molecule has 2 heterocycles. The molecule has 0 amide bonds. The first kappa shape index (κ1) is 14.8. The van der Waals surface area contributed by atoms with Crippen LogP contribution in [0.25, 0.3) is 27.9 Å². The molecule has 0 fully saturated rings. The van der Waals surface area contributed by atoms with Gasteiger partial charge in [-0.3, -0.25) is 10.1 Å². The summed E-state index contributed by atoms with van der Waals surface area (Å²) in [6.07, 6.45) is 7.00. The van der Waals surface area contributed by atoms with Crippen molar-refractivity contribution in [2.45, 2.75) is 6.61 Å². The Morgan fingerprint density at radius 1 is 1.35 bits per heavy atom. The van der Waals surface area contributed by atoms with Crippen LogP contribution in [-0.2, 0) is 6.61 Å². The van der Waals surface area contributed by atoms with E-state index in [1.807, 2.05) is 24.3 Å². The van der Waals surface area contributed by atoms with Crippen LogP contribution in [0.2, 0.25) is 0 Å². The van der Waals surface area contributed by atoms with Gasteiger partial charge in [0, 0.05) is 12.4 Å². The Morgan fingerprint density at radius 3 is 2.96 bits per heavy atom. The van der Waals surface area contributed by atoms with Gasteiger partial charge in [-0.1, -0.05) is 12.1 Å². The molecule has 1 aromatic carbocycles. The molecule has 114 valence electrons. The first-order chi connectivity index (χ1) is 11.3. The van der Waals surface area contributed by atoms with Crippen LogP contribution in [0.15, 0.2) is 30.6 Å². The van der Waals surface area contributed by atoms with Gasteiger partial charge in [0.25, 0.3) is 0 Å². The minimum Gasteiger partial charge on any atom is -0.507 e. The first-order valence-corrected chi connectivity index (χ1v) is 6.92. The van der Waals surface area contributed by atoms with Gasteiger partial charge >= 0.3 is 0 Å². The lowest BCUT2D eigenvalue weighted by atomic mass is 10.1. The summed E-state index contributed by atoms with van der Waals surface area (Å²) < 4.78 is 5.38. The number of ether oxygens (including phenoxy) is 1. The molecule has 6 heteroatoms. The smallest absolute Gasteiger partial charge is 0.228 e. The van der Waals surface area contributed by atoms with Crippen LogP contribution in [0.5, 0.6) is 5.75 Å². The van der Waals surface area contributed by atoms with Crippen LogP contribution in [0.4, 0.5) is 5.69 Å². The third-order valence-electron chi connectivity index (χ3n) is 3.45. The quantitative estimate of drug-likeness (QED) is 0.726. The highest BCUT2D eigenvalue weighted by atomic mass is 16.5. The number of hydrogen-bond donors (Lipinski definition) is 2. The van der Waals surface area contributed by atoms with Crippen molar-refractivity contribution in [1.82, 2.24) is 15.2 Å². The summed E-state index contributed by atoms with van der Waals surface area (Å²) >= 11 is 0. The summed E-state index contributed by atoms with van der Waals surface area (Å²) in [7, 11) is 1.54. The van der Waals surface area contributed by atoms with E-state index in [9.17, 15) is 0 Å². The summed E-state index contributed by atoms with van der Waals surface area (Å²) in [5.74, 6) is 0.508. The second kappa shape index (κ2) is 6.30. The number of rotatable bonds is 4. The molecule has 0 aliphatic rings. The van der Waals surface area contributed by atoms with E-state index in [1.54, 1.807) is 25.6 Å². The molecule has 0 saturated heterocycles. The van der Waals surface area contributed by atoms with Crippen molar-refractivity contribution in [3.8, 4) is 5.75 Å². The summed E-state index contributed by atoms with van der Waals surface area (Å²) in [6.45, 7) is 7.18. The maximum Gasteiger partial charge on any atom is 0.228 e. The van der Waals surface area contributed by atoms with E-state index in [0.717, 1.165) is 22.0 Å². The van der Waals surface area contributed by atoms with E-state index in [4.69, 9.17) is 16.4 Å². The molecule has 0 saturated carbocycles. The Bertz CT molecular complexity index is 922. The van der Waals surface area contributed by atoms with E-state index in [2.05, 4.69) is 20.0 Å². The monoisotopic (exact) mass is 306 g/mol. The minimum atomic E-state index is -0.0534. The van der Waals surface area contributed by atoms with E-state index in [1.165, 1.54) is 0 Å². The fourth-order valence-electron chi connectivity index (χ4n) is 2.37. The number of hydrogen-bond acceptors (Lipinski definition) is 4. The SMILES string of the molecule is [C-]#[N+]c1ccc2[nH]nc(/C=C/c3cncc(CO)c3)c2c1OC. The molecule has 0 unspecified atom stereocenters. The number of benzene rings is 1. The number of aromatic amines is 1. The molecule has 0 bridgehead atoms. The highest BCUT2D eigenvalue weighted by Crippen LogP contribution is 2.37. The Labute approximate surface area is 132 Å². The fourth-order valence-corrected chi connectivity index (χ4v) is 2.37. The van der Waals surface area contributed by atoms with Crippen LogP contribution in [0, 0.1) is 6.57 Å². The topological polar surface area (TPSA) is 75.4 Å². The highest BCUT2D eigenvalue weighted by Gasteiger charge is 2.13. The van der Waals surface area contributed by atoms with E-state index in [0.29, 0.717) is 17.1 Å². The second-order valence-corrected chi connectivity index (χ2v) is 4.88. The Hall–Kier alpha value is -3.17. The highest BCUT2D eigenvalue weighted by molar-refractivity contribution is 5.98. The van der Waals surface area contributed by atoms with Crippen LogP contribution in [-0.4, -0.2) is 27.4 Å².